The molecule has 0 amide bonds. The normalized spacial score (nSPS) is 22.1. The standard InChI is InChI=1S/C39H50ClN5O4S/c1-23(2)49-36-21-30(28-19-34(26-10-11-26)45(29-14-16-48-17-15-29)35(20-28)27-12-13-27)25(5)18-33(36)43-39-41-22-31(40)38(44-39)42-32-8-6-7-9-37(32)50(46,47)24(3)4/h6-9,18-19,21-24,26-27,29,34-35H,10-17,20H2,1-5H3,(H2,41,42,43,44). The van der Waals surface area contributed by atoms with Gasteiger partial charge in [0.1, 0.15) is 10.8 Å². The molecular weight excluding hydrogens is 670 g/mol. The Kier molecular flexibility index (Phi) is 10.2. The molecule has 0 radical (unpaired) electrons. The second-order valence-electron chi connectivity index (χ2n) is 15.0. The summed E-state index contributed by atoms with van der Waals surface area (Å²) in [6.45, 7) is 11.3. The van der Waals surface area contributed by atoms with Crippen LogP contribution < -0.4 is 15.4 Å². The Morgan fingerprint density at radius 2 is 1.68 bits per heavy atom. The van der Waals surface area contributed by atoms with Crippen molar-refractivity contribution in [3.63, 3.8) is 0 Å². The molecular formula is C39H50ClN5O4S. The van der Waals surface area contributed by atoms with Crippen LogP contribution in [0.5, 0.6) is 5.75 Å². The Balaban J connectivity index is 1.20. The number of hydrogen-bond acceptors (Lipinski definition) is 9. The summed E-state index contributed by atoms with van der Waals surface area (Å²) in [6.07, 6.45) is 12.7. The summed E-state index contributed by atoms with van der Waals surface area (Å²) in [4.78, 5) is 12.3. The van der Waals surface area contributed by atoms with Gasteiger partial charge in [-0.15, -0.1) is 0 Å². The second kappa shape index (κ2) is 14.4. The predicted octanol–water partition coefficient (Wildman–Crippen LogP) is 8.72. The maximum atomic E-state index is 13.1. The largest absolute Gasteiger partial charge is 0.489 e. The number of ether oxygens (including phenoxy) is 2. The summed E-state index contributed by atoms with van der Waals surface area (Å²) in [6, 6.07) is 12.8. The number of hydrogen-bond donors (Lipinski definition) is 2. The SMILES string of the molecule is Cc1cc(Nc2ncc(Cl)c(Nc3ccccc3S(=O)(=O)C(C)C)n2)c(OC(C)C)cc1C1=CC(C2CC2)N(C2CCOCC2)C(C2CC2)C1. The van der Waals surface area contributed by atoms with Crippen LogP contribution in [-0.2, 0) is 14.6 Å². The molecule has 2 atom stereocenters. The van der Waals surface area contributed by atoms with Crippen molar-refractivity contribution in [1.82, 2.24) is 14.9 Å². The third kappa shape index (κ3) is 7.54. The lowest BCUT2D eigenvalue weighted by atomic mass is 9.83. The number of halogens is 1. The predicted molar refractivity (Wildman–Crippen MR) is 201 cm³/mol. The fourth-order valence-electron chi connectivity index (χ4n) is 7.64. The fraction of sp³-hybridized carbons (Fsp3) is 0.538. The average molecular weight is 720 g/mol. The summed E-state index contributed by atoms with van der Waals surface area (Å²) in [5.74, 6) is 2.87. The molecule has 0 spiro atoms. The van der Waals surface area contributed by atoms with Crippen molar-refractivity contribution in [1.29, 1.82) is 0 Å². The molecule has 50 heavy (non-hydrogen) atoms. The Morgan fingerprint density at radius 1 is 0.960 bits per heavy atom. The second-order valence-corrected chi connectivity index (χ2v) is 17.9. The van der Waals surface area contributed by atoms with Crippen molar-refractivity contribution in [2.24, 2.45) is 11.8 Å². The topological polar surface area (TPSA) is 106 Å². The van der Waals surface area contributed by atoms with E-state index in [1.807, 2.05) is 13.8 Å². The van der Waals surface area contributed by atoms with Gasteiger partial charge in [0.05, 0.1) is 33.8 Å². The number of nitrogens with one attached hydrogen (secondary N) is 2. The molecule has 2 aliphatic carbocycles. The highest BCUT2D eigenvalue weighted by Gasteiger charge is 2.47. The van der Waals surface area contributed by atoms with E-state index >= 15 is 0 Å². The van der Waals surface area contributed by atoms with Gasteiger partial charge in [0.2, 0.25) is 5.95 Å². The van der Waals surface area contributed by atoms with E-state index in [1.165, 1.54) is 48.6 Å². The molecule has 7 rings (SSSR count). The van der Waals surface area contributed by atoms with Gasteiger partial charge >= 0.3 is 0 Å². The van der Waals surface area contributed by atoms with Crippen molar-refractivity contribution in [3.05, 3.63) is 64.8 Å². The molecule has 1 saturated heterocycles. The van der Waals surface area contributed by atoms with Crippen LogP contribution >= 0.6 is 11.6 Å². The number of nitrogens with zero attached hydrogens (tertiary/aromatic N) is 3. The van der Waals surface area contributed by atoms with Crippen molar-refractivity contribution in [2.75, 3.05) is 23.8 Å². The smallest absolute Gasteiger partial charge is 0.229 e. The fourth-order valence-corrected chi connectivity index (χ4v) is 8.98. The molecule has 2 unspecified atom stereocenters. The van der Waals surface area contributed by atoms with E-state index in [9.17, 15) is 8.42 Å². The molecule has 11 heteroatoms. The molecule has 1 aromatic heterocycles. The quantitative estimate of drug-likeness (QED) is 0.190. The Bertz CT molecular complexity index is 1850. The number of benzene rings is 2. The van der Waals surface area contributed by atoms with Gasteiger partial charge in [-0.3, -0.25) is 4.90 Å². The minimum atomic E-state index is -3.55. The number of anilines is 4. The minimum Gasteiger partial charge on any atom is -0.489 e. The molecule has 4 aliphatic rings. The third-order valence-corrected chi connectivity index (χ3v) is 13.0. The van der Waals surface area contributed by atoms with Crippen LogP contribution in [0.3, 0.4) is 0 Å². The zero-order valence-electron chi connectivity index (χ0n) is 29.8. The van der Waals surface area contributed by atoms with Crippen LogP contribution in [0.2, 0.25) is 5.02 Å². The van der Waals surface area contributed by atoms with E-state index in [-0.39, 0.29) is 16.0 Å². The summed E-state index contributed by atoms with van der Waals surface area (Å²) in [7, 11) is -3.55. The van der Waals surface area contributed by atoms with Crippen LogP contribution in [0.15, 0.2) is 53.6 Å². The molecule has 2 aliphatic heterocycles. The average Bonchev–Trinajstić information content (AvgIpc) is 4.01. The summed E-state index contributed by atoms with van der Waals surface area (Å²) in [5.41, 5.74) is 5.01. The van der Waals surface area contributed by atoms with E-state index in [2.05, 4.69) is 50.6 Å². The lowest BCUT2D eigenvalue weighted by Crippen LogP contribution is -2.54. The first kappa shape index (κ1) is 35.2. The van der Waals surface area contributed by atoms with Gasteiger partial charge < -0.3 is 20.1 Å². The van der Waals surface area contributed by atoms with Gasteiger partial charge in [-0.2, -0.15) is 4.98 Å². The van der Waals surface area contributed by atoms with Crippen molar-refractivity contribution in [3.8, 4) is 5.75 Å². The van der Waals surface area contributed by atoms with Crippen molar-refractivity contribution >= 4 is 50.2 Å². The van der Waals surface area contributed by atoms with Crippen LogP contribution in [-0.4, -0.2) is 66.0 Å². The number of aryl methyl sites for hydroxylation is 1. The molecule has 3 fully saturated rings. The number of sulfone groups is 1. The highest BCUT2D eigenvalue weighted by atomic mass is 35.5. The van der Waals surface area contributed by atoms with Crippen LogP contribution in [0.4, 0.5) is 23.1 Å². The highest BCUT2D eigenvalue weighted by Crippen LogP contribution is 2.50. The molecule has 2 N–H and O–H groups in total. The monoisotopic (exact) mass is 719 g/mol. The van der Waals surface area contributed by atoms with Crippen LogP contribution in [0.25, 0.3) is 5.57 Å². The van der Waals surface area contributed by atoms with E-state index in [0.29, 0.717) is 35.6 Å². The summed E-state index contributed by atoms with van der Waals surface area (Å²) in [5, 5.41) is 6.23. The van der Waals surface area contributed by atoms with Crippen LogP contribution in [0, 0.1) is 18.8 Å². The first-order valence-corrected chi connectivity index (χ1v) is 20.2. The van der Waals surface area contributed by atoms with E-state index in [1.54, 1.807) is 38.1 Å². The molecule has 3 heterocycles. The number of aromatic nitrogens is 2. The maximum absolute atomic E-state index is 13.1. The lowest BCUT2D eigenvalue weighted by molar-refractivity contribution is -0.00698. The molecule has 0 bridgehead atoms. The van der Waals surface area contributed by atoms with Crippen LogP contribution in [0.1, 0.15) is 83.8 Å². The molecule has 9 nitrogen and oxygen atoms in total. The van der Waals surface area contributed by atoms with Gasteiger partial charge in [-0.25, -0.2) is 13.4 Å². The minimum absolute atomic E-state index is 0.0448. The lowest BCUT2D eigenvalue weighted by Gasteiger charge is -2.48. The molecule has 2 saturated carbocycles. The van der Waals surface area contributed by atoms with E-state index in [4.69, 9.17) is 21.1 Å². The zero-order valence-corrected chi connectivity index (χ0v) is 31.4. The number of rotatable bonds is 12. The van der Waals surface area contributed by atoms with Gasteiger partial charge in [-0.05, 0) is 132 Å². The Hall–Kier alpha value is -3.18. The van der Waals surface area contributed by atoms with E-state index < -0.39 is 15.1 Å². The zero-order chi connectivity index (χ0) is 35.2. The Labute approximate surface area is 302 Å². The maximum Gasteiger partial charge on any atom is 0.229 e. The van der Waals surface area contributed by atoms with Gasteiger partial charge in [0.15, 0.2) is 15.7 Å². The first-order valence-electron chi connectivity index (χ1n) is 18.3. The number of para-hydroxylation sites is 1. The molecule has 268 valence electrons. The molecule has 3 aromatic rings. The highest BCUT2D eigenvalue weighted by molar-refractivity contribution is 7.92. The van der Waals surface area contributed by atoms with Gasteiger partial charge in [-0.1, -0.05) is 29.8 Å². The van der Waals surface area contributed by atoms with E-state index in [0.717, 1.165) is 55.7 Å². The first-order chi connectivity index (χ1) is 24.0. The Morgan fingerprint density at radius 3 is 2.36 bits per heavy atom. The van der Waals surface area contributed by atoms with Crippen molar-refractivity contribution < 1.29 is 17.9 Å². The van der Waals surface area contributed by atoms with Gasteiger partial charge in [0.25, 0.3) is 0 Å². The van der Waals surface area contributed by atoms with Crippen molar-refractivity contribution in [2.45, 2.75) is 114 Å². The molecule has 2 aromatic carbocycles. The summed E-state index contributed by atoms with van der Waals surface area (Å²) >= 11 is 6.54. The van der Waals surface area contributed by atoms with Gasteiger partial charge in [0, 0.05) is 31.3 Å². The third-order valence-electron chi connectivity index (χ3n) is 10.5. The summed E-state index contributed by atoms with van der Waals surface area (Å²) < 4.78 is 38.4.